The van der Waals surface area contributed by atoms with Crippen LogP contribution in [0.2, 0.25) is 0 Å². The number of carbonyl (C=O) groups excluding carboxylic acids is 1. The van der Waals surface area contributed by atoms with Gasteiger partial charge in [0.1, 0.15) is 5.76 Å². The highest BCUT2D eigenvalue weighted by atomic mass is 16.5. The van der Waals surface area contributed by atoms with Gasteiger partial charge in [-0.1, -0.05) is 35.5 Å². The number of aromatic nitrogens is 2. The van der Waals surface area contributed by atoms with E-state index in [1.165, 1.54) is 0 Å². The molecule has 7 heteroatoms. The molecule has 1 N–H and O–H groups in total. The molecule has 2 aromatic rings. The van der Waals surface area contributed by atoms with Gasteiger partial charge in [0.05, 0.1) is 13.2 Å². The van der Waals surface area contributed by atoms with E-state index in [-0.39, 0.29) is 17.9 Å². The summed E-state index contributed by atoms with van der Waals surface area (Å²) in [7, 11) is 1.70. The Kier molecular flexibility index (Phi) is 9.78. The highest BCUT2D eigenvalue weighted by molar-refractivity contribution is 5.95. The molecule has 2 saturated carbocycles. The van der Waals surface area contributed by atoms with Gasteiger partial charge in [0, 0.05) is 30.6 Å². The minimum Gasteiger partial charge on any atom is -0.497 e. The first-order valence-corrected chi connectivity index (χ1v) is 14.2. The van der Waals surface area contributed by atoms with Gasteiger partial charge in [-0.3, -0.25) is 4.79 Å². The maximum absolute atomic E-state index is 13.9. The van der Waals surface area contributed by atoms with E-state index in [0.717, 1.165) is 66.7 Å². The summed E-state index contributed by atoms with van der Waals surface area (Å²) < 4.78 is 10.6. The molecule has 0 bridgehead atoms. The summed E-state index contributed by atoms with van der Waals surface area (Å²) in [6.45, 7) is 10.9. The summed E-state index contributed by atoms with van der Waals surface area (Å²) in [6.07, 6.45) is 10.9. The molecule has 1 aromatic heterocycles. The Balaban J connectivity index is 1.47. The lowest BCUT2D eigenvalue weighted by atomic mass is 9.78. The van der Waals surface area contributed by atoms with Crippen molar-refractivity contribution in [3.63, 3.8) is 0 Å². The third-order valence-corrected chi connectivity index (χ3v) is 8.23. The zero-order chi connectivity index (χ0) is 27.9. The molecule has 1 heterocycles. The summed E-state index contributed by atoms with van der Waals surface area (Å²) in [5.41, 5.74) is 3.98. The van der Waals surface area contributed by atoms with Gasteiger partial charge in [-0.15, -0.1) is 0 Å². The van der Waals surface area contributed by atoms with Crippen molar-refractivity contribution in [2.75, 3.05) is 18.6 Å². The molecule has 0 aliphatic heterocycles. The highest BCUT2D eigenvalue weighted by Crippen LogP contribution is 2.36. The number of aliphatic hydroxyl groups is 1. The number of hydrogen-bond donors (Lipinski definition) is 1. The van der Waals surface area contributed by atoms with E-state index >= 15 is 0 Å². The van der Waals surface area contributed by atoms with Crippen LogP contribution in [-0.2, 0) is 9.53 Å². The topological polar surface area (TPSA) is 88.7 Å². The quantitative estimate of drug-likeness (QED) is 0.282. The zero-order valence-corrected chi connectivity index (χ0v) is 23.9. The van der Waals surface area contributed by atoms with E-state index < -0.39 is 0 Å². The highest BCUT2D eigenvalue weighted by Gasteiger charge is 2.32. The van der Waals surface area contributed by atoms with Crippen LogP contribution in [0.1, 0.15) is 71.1 Å². The van der Waals surface area contributed by atoms with Crippen LogP contribution in [0.15, 0.2) is 64.4 Å². The second-order valence-corrected chi connectivity index (χ2v) is 11.3. The molecule has 2 aliphatic rings. The number of carbonyl (C=O) groups is 1. The van der Waals surface area contributed by atoms with Crippen LogP contribution in [0.3, 0.4) is 0 Å². The molecule has 0 spiro atoms. The van der Waals surface area contributed by atoms with Crippen LogP contribution in [0.5, 0.6) is 0 Å². The molecule has 0 unspecified atom stereocenters. The van der Waals surface area contributed by atoms with Crippen molar-refractivity contribution >= 4 is 11.6 Å². The van der Waals surface area contributed by atoms with Crippen molar-refractivity contribution in [2.45, 2.75) is 78.2 Å². The minimum atomic E-state index is -0.290. The lowest BCUT2D eigenvalue weighted by molar-refractivity contribution is -0.124. The van der Waals surface area contributed by atoms with Crippen LogP contribution in [0.4, 0.5) is 5.69 Å². The molecule has 0 atom stereocenters. The summed E-state index contributed by atoms with van der Waals surface area (Å²) in [5.74, 6) is 2.88. The Hall–Kier alpha value is -3.19. The molecule has 0 radical (unpaired) electrons. The monoisotopic (exact) mass is 533 g/mol. The molecular weight excluding hydrogens is 490 g/mol. The molecule has 39 heavy (non-hydrogen) atoms. The van der Waals surface area contributed by atoms with Gasteiger partial charge < -0.3 is 19.3 Å². The van der Waals surface area contributed by atoms with Gasteiger partial charge >= 0.3 is 0 Å². The number of amides is 1. The summed E-state index contributed by atoms with van der Waals surface area (Å²) in [6, 6.07) is 7.90. The van der Waals surface area contributed by atoms with Crippen molar-refractivity contribution in [1.82, 2.24) is 10.1 Å². The van der Waals surface area contributed by atoms with Crippen LogP contribution in [0, 0.1) is 24.7 Å². The average molecular weight is 534 g/mol. The molecule has 1 amide bonds. The van der Waals surface area contributed by atoms with Gasteiger partial charge in [0.2, 0.25) is 17.6 Å². The van der Waals surface area contributed by atoms with Gasteiger partial charge in [0.25, 0.3) is 0 Å². The van der Waals surface area contributed by atoms with Gasteiger partial charge in [0.15, 0.2) is 0 Å². The summed E-state index contributed by atoms with van der Waals surface area (Å²) in [4.78, 5) is 20.2. The van der Waals surface area contributed by atoms with Crippen molar-refractivity contribution in [3.8, 4) is 11.4 Å². The number of rotatable bonds is 9. The van der Waals surface area contributed by atoms with Crippen LogP contribution in [-0.4, -0.2) is 40.9 Å². The molecule has 7 nitrogen and oxygen atoms in total. The van der Waals surface area contributed by atoms with E-state index in [0.29, 0.717) is 42.9 Å². The number of aliphatic hydroxyl groups excluding tert-OH is 1. The van der Waals surface area contributed by atoms with E-state index in [9.17, 15) is 9.90 Å². The fraction of sp³-hybridized carbons (Fsp3) is 0.531. The van der Waals surface area contributed by atoms with Crippen LogP contribution in [0.25, 0.3) is 11.4 Å². The number of anilines is 1. The predicted molar refractivity (Wildman–Crippen MR) is 154 cm³/mol. The Morgan fingerprint density at radius 1 is 1.10 bits per heavy atom. The van der Waals surface area contributed by atoms with E-state index in [1.54, 1.807) is 14.0 Å². The SMILES string of the molecule is C=C(/C=C\C(OC)=C(C)C)[C@H]1CC[C@H](CN(c2cccc(-c3noc(C)n3)c2)C(=O)[C@H]2CC[C@H](O)CC2)CC1. The molecule has 0 saturated heterocycles. The number of methoxy groups -OCH3 is 1. The number of aryl methyl sites for hydroxylation is 1. The minimum absolute atomic E-state index is 0.0595. The third kappa shape index (κ3) is 7.47. The molecule has 4 rings (SSSR count). The van der Waals surface area contributed by atoms with Crippen molar-refractivity contribution < 1.29 is 19.2 Å². The largest absolute Gasteiger partial charge is 0.497 e. The maximum atomic E-state index is 13.9. The molecule has 1 aromatic carbocycles. The Labute approximate surface area is 232 Å². The molecule has 2 fully saturated rings. The normalized spacial score (nSPS) is 23.4. The molecule has 2 aliphatic carbocycles. The first-order chi connectivity index (χ1) is 18.7. The molecular formula is C32H43N3O4. The van der Waals surface area contributed by atoms with Crippen molar-refractivity contribution in [3.05, 3.63) is 65.8 Å². The number of ether oxygens (including phenoxy) is 1. The zero-order valence-electron chi connectivity index (χ0n) is 23.9. The fourth-order valence-electron chi connectivity index (χ4n) is 5.83. The van der Waals surface area contributed by atoms with Crippen molar-refractivity contribution in [2.24, 2.45) is 17.8 Å². The number of allylic oxidation sites excluding steroid dienone is 4. The summed E-state index contributed by atoms with van der Waals surface area (Å²) >= 11 is 0. The van der Waals surface area contributed by atoms with E-state index in [4.69, 9.17) is 9.26 Å². The van der Waals surface area contributed by atoms with Gasteiger partial charge in [-0.05, 0) is 101 Å². The van der Waals surface area contributed by atoms with Gasteiger partial charge in [-0.25, -0.2) is 0 Å². The predicted octanol–water partition coefficient (Wildman–Crippen LogP) is 6.79. The lowest BCUT2D eigenvalue weighted by Gasteiger charge is -2.36. The lowest BCUT2D eigenvalue weighted by Crippen LogP contribution is -2.42. The van der Waals surface area contributed by atoms with E-state index in [2.05, 4.69) is 22.8 Å². The second kappa shape index (κ2) is 13.2. The van der Waals surface area contributed by atoms with Crippen LogP contribution >= 0.6 is 0 Å². The Bertz CT molecular complexity index is 1190. The standard InChI is InChI=1S/C32H43N3O4/c1-21(2)30(38-5)18-9-22(3)25-12-10-24(11-13-25)20-35(32(37)26-14-16-29(36)17-15-26)28-8-6-7-27(19-28)31-33-23(4)39-34-31/h6-9,18-19,24-26,29,36H,3,10-17,20H2,1-2,4-5H3/b18-9-/t24-,25-,26-,29-. The fourth-order valence-corrected chi connectivity index (χ4v) is 5.83. The Morgan fingerprint density at radius 2 is 1.79 bits per heavy atom. The maximum Gasteiger partial charge on any atom is 0.230 e. The third-order valence-electron chi connectivity index (χ3n) is 8.23. The van der Waals surface area contributed by atoms with E-state index in [1.807, 2.05) is 49.1 Å². The number of hydrogen-bond acceptors (Lipinski definition) is 6. The Morgan fingerprint density at radius 3 is 2.41 bits per heavy atom. The second-order valence-electron chi connectivity index (χ2n) is 11.3. The average Bonchev–Trinajstić information content (AvgIpc) is 3.38. The van der Waals surface area contributed by atoms with Crippen LogP contribution < -0.4 is 4.90 Å². The first kappa shape index (κ1) is 28.8. The number of benzene rings is 1. The van der Waals surface area contributed by atoms with Crippen molar-refractivity contribution in [1.29, 1.82) is 0 Å². The molecule has 210 valence electrons. The number of nitrogens with zero attached hydrogens (tertiary/aromatic N) is 3. The first-order valence-electron chi connectivity index (χ1n) is 14.2. The summed E-state index contributed by atoms with van der Waals surface area (Å²) in [5, 5.41) is 14.1. The smallest absolute Gasteiger partial charge is 0.230 e. The van der Waals surface area contributed by atoms with Gasteiger partial charge in [-0.2, -0.15) is 4.98 Å².